The maximum atomic E-state index is 11.8. The molecule has 1 aromatic carbocycles. The van der Waals surface area contributed by atoms with Gasteiger partial charge in [-0.2, -0.15) is 0 Å². The zero-order valence-corrected chi connectivity index (χ0v) is 11.2. The number of sulfonamides is 1. The van der Waals surface area contributed by atoms with Crippen molar-refractivity contribution in [3.8, 4) is 0 Å². The van der Waals surface area contributed by atoms with Crippen LogP contribution in [0, 0.1) is 0 Å². The van der Waals surface area contributed by atoms with Crippen LogP contribution < -0.4 is 4.72 Å². The van der Waals surface area contributed by atoms with E-state index in [1.54, 1.807) is 19.1 Å². The number of alkyl halides is 1. The number of rotatable bonds is 4. The van der Waals surface area contributed by atoms with Crippen molar-refractivity contribution < 1.29 is 8.42 Å². The van der Waals surface area contributed by atoms with Gasteiger partial charge in [-0.05, 0) is 25.1 Å². The molecule has 0 saturated heterocycles. The van der Waals surface area contributed by atoms with Crippen molar-refractivity contribution in [3.63, 3.8) is 0 Å². The van der Waals surface area contributed by atoms with Gasteiger partial charge in [0.05, 0.1) is 4.90 Å². The van der Waals surface area contributed by atoms with Gasteiger partial charge in [0, 0.05) is 16.4 Å². The van der Waals surface area contributed by atoms with E-state index in [-0.39, 0.29) is 10.9 Å². The Hall–Kier alpha value is -0.100. The molecule has 0 aliphatic carbocycles. The topological polar surface area (TPSA) is 46.2 Å². The molecule has 3 nitrogen and oxygen atoms in total. The second kappa shape index (κ2) is 5.30. The van der Waals surface area contributed by atoms with E-state index in [1.807, 2.05) is 0 Å². The van der Waals surface area contributed by atoms with Crippen LogP contribution in [0.5, 0.6) is 0 Å². The lowest BCUT2D eigenvalue weighted by Crippen LogP contribution is -2.33. The Morgan fingerprint density at radius 1 is 1.53 bits per heavy atom. The van der Waals surface area contributed by atoms with Gasteiger partial charge in [0.1, 0.15) is 0 Å². The second-order valence-electron chi connectivity index (χ2n) is 3.13. The average Bonchev–Trinajstić information content (AvgIpc) is 2.17. The molecular formula is C9H11BrClNO2S. The van der Waals surface area contributed by atoms with Crippen LogP contribution in [0.1, 0.15) is 6.92 Å². The molecule has 0 bridgehead atoms. The Bertz CT molecular complexity index is 435. The van der Waals surface area contributed by atoms with E-state index < -0.39 is 10.0 Å². The number of hydrogen-bond donors (Lipinski definition) is 1. The van der Waals surface area contributed by atoms with Gasteiger partial charge in [0.2, 0.25) is 10.0 Å². The zero-order chi connectivity index (χ0) is 11.5. The highest BCUT2D eigenvalue weighted by Crippen LogP contribution is 2.15. The Morgan fingerprint density at radius 3 is 2.73 bits per heavy atom. The third-order valence-electron chi connectivity index (χ3n) is 1.69. The van der Waals surface area contributed by atoms with Crippen LogP contribution in [-0.4, -0.2) is 19.8 Å². The standard InChI is InChI=1S/C9H11BrClNO2S/c1-7(6-10)12-15(13,14)9-4-2-3-8(11)5-9/h2-5,7,12H,6H2,1H3. The number of halogens is 2. The van der Waals surface area contributed by atoms with Crippen molar-refractivity contribution in [2.75, 3.05) is 5.33 Å². The van der Waals surface area contributed by atoms with Crippen molar-refractivity contribution in [2.24, 2.45) is 0 Å². The molecule has 0 amide bonds. The molecule has 1 atom stereocenters. The number of benzene rings is 1. The van der Waals surface area contributed by atoms with Crippen LogP contribution >= 0.6 is 27.5 Å². The minimum Gasteiger partial charge on any atom is -0.208 e. The molecular weight excluding hydrogens is 302 g/mol. The smallest absolute Gasteiger partial charge is 0.208 e. The van der Waals surface area contributed by atoms with E-state index in [0.29, 0.717) is 10.4 Å². The fourth-order valence-electron chi connectivity index (χ4n) is 0.999. The van der Waals surface area contributed by atoms with Crippen LogP contribution in [0.4, 0.5) is 0 Å². The van der Waals surface area contributed by atoms with Crippen LogP contribution in [0.3, 0.4) is 0 Å². The first-order valence-electron chi connectivity index (χ1n) is 4.29. The van der Waals surface area contributed by atoms with E-state index in [4.69, 9.17) is 11.6 Å². The molecule has 1 rings (SSSR count). The van der Waals surface area contributed by atoms with Gasteiger partial charge in [-0.1, -0.05) is 33.6 Å². The lowest BCUT2D eigenvalue weighted by molar-refractivity contribution is 0.571. The first kappa shape index (κ1) is 13.0. The van der Waals surface area contributed by atoms with E-state index in [2.05, 4.69) is 20.7 Å². The summed E-state index contributed by atoms with van der Waals surface area (Å²) in [7, 11) is -3.46. The fraction of sp³-hybridized carbons (Fsp3) is 0.333. The lowest BCUT2D eigenvalue weighted by Gasteiger charge is -2.11. The van der Waals surface area contributed by atoms with Crippen molar-refractivity contribution in [2.45, 2.75) is 17.9 Å². The van der Waals surface area contributed by atoms with Gasteiger partial charge >= 0.3 is 0 Å². The second-order valence-corrected chi connectivity index (χ2v) is 5.93. The van der Waals surface area contributed by atoms with Gasteiger partial charge in [-0.25, -0.2) is 13.1 Å². The molecule has 0 spiro atoms. The quantitative estimate of drug-likeness (QED) is 0.868. The summed E-state index contributed by atoms with van der Waals surface area (Å²) in [5.41, 5.74) is 0. The zero-order valence-electron chi connectivity index (χ0n) is 8.07. The van der Waals surface area contributed by atoms with Crippen molar-refractivity contribution >= 4 is 37.6 Å². The van der Waals surface area contributed by atoms with E-state index in [0.717, 1.165) is 0 Å². The molecule has 0 saturated carbocycles. The summed E-state index contributed by atoms with van der Waals surface area (Å²) in [5.74, 6) is 0. The normalized spacial score (nSPS) is 13.8. The predicted octanol–water partition coefficient (Wildman–Crippen LogP) is 2.40. The third kappa shape index (κ3) is 3.75. The maximum absolute atomic E-state index is 11.8. The van der Waals surface area contributed by atoms with E-state index >= 15 is 0 Å². The fourth-order valence-corrected chi connectivity index (χ4v) is 2.92. The first-order valence-corrected chi connectivity index (χ1v) is 7.28. The highest BCUT2D eigenvalue weighted by molar-refractivity contribution is 9.09. The van der Waals surface area contributed by atoms with Crippen LogP contribution in [-0.2, 0) is 10.0 Å². The Kier molecular flexibility index (Phi) is 4.58. The van der Waals surface area contributed by atoms with Crippen molar-refractivity contribution in [1.82, 2.24) is 4.72 Å². The summed E-state index contributed by atoms with van der Waals surface area (Å²) < 4.78 is 26.0. The summed E-state index contributed by atoms with van der Waals surface area (Å²) >= 11 is 8.92. The molecule has 0 aliphatic heterocycles. The Balaban J connectivity index is 2.96. The maximum Gasteiger partial charge on any atom is 0.240 e. The highest BCUT2D eigenvalue weighted by atomic mass is 79.9. The molecule has 0 aliphatic rings. The largest absolute Gasteiger partial charge is 0.240 e. The predicted molar refractivity (Wildman–Crippen MR) is 65.0 cm³/mol. The molecule has 6 heteroatoms. The van der Waals surface area contributed by atoms with Gasteiger partial charge in [-0.15, -0.1) is 0 Å². The number of hydrogen-bond acceptors (Lipinski definition) is 2. The Labute approximate surface area is 103 Å². The minimum absolute atomic E-state index is 0.158. The molecule has 1 aromatic rings. The highest BCUT2D eigenvalue weighted by Gasteiger charge is 2.16. The summed E-state index contributed by atoms with van der Waals surface area (Å²) in [5, 5.41) is 0.969. The van der Waals surface area contributed by atoms with Gasteiger partial charge < -0.3 is 0 Å². The van der Waals surface area contributed by atoms with Gasteiger partial charge in [0.25, 0.3) is 0 Å². The van der Waals surface area contributed by atoms with Crippen molar-refractivity contribution in [1.29, 1.82) is 0 Å². The SMILES string of the molecule is CC(CBr)NS(=O)(=O)c1cccc(Cl)c1. The van der Waals surface area contributed by atoms with Crippen LogP contribution in [0.2, 0.25) is 5.02 Å². The van der Waals surface area contributed by atoms with Crippen molar-refractivity contribution in [3.05, 3.63) is 29.3 Å². The Morgan fingerprint density at radius 2 is 2.20 bits per heavy atom. The summed E-state index contributed by atoms with van der Waals surface area (Å²) in [6.07, 6.45) is 0. The van der Waals surface area contributed by atoms with Crippen LogP contribution in [0.15, 0.2) is 29.2 Å². The summed E-state index contributed by atoms with van der Waals surface area (Å²) in [6.45, 7) is 1.77. The van der Waals surface area contributed by atoms with E-state index in [9.17, 15) is 8.42 Å². The summed E-state index contributed by atoms with van der Waals surface area (Å²) in [4.78, 5) is 0.183. The third-order valence-corrected chi connectivity index (χ3v) is 4.49. The molecule has 0 fully saturated rings. The minimum atomic E-state index is -3.46. The monoisotopic (exact) mass is 311 g/mol. The molecule has 15 heavy (non-hydrogen) atoms. The van der Waals surface area contributed by atoms with Gasteiger partial charge in [-0.3, -0.25) is 0 Å². The average molecular weight is 313 g/mol. The van der Waals surface area contributed by atoms with Gasteiger partial charge in [0.15, 0.2) is 0 Å². The molecule has 1 unspecified atom stereocenters. The summed E-state index contributed by atoms with van der Waals surface area (Å²) in [6, 6.07) is 6.01. The number of nitrogens with one attached hydrogen (secondary N) is 1. The molecule has 84 valence electrons. The van der Waals surface area contributed by atoms with E-state index in [1.165, 1.54) is 12.1 Å². The molecule has 0 aromatic heterocycles. The first-order chi connectivity index (χ1) is 6.95. The molecule has 1 N–H and O–H groups in total. The van der Waals surface area contributed by atoms with Crippen LogP contribution in [0.25, 0.3) is 0 Å². The molecule has 0 heterocycles. The lowest BCUT2D eigenvalue weighted by atomic mass is 10.4. The molecule has 0 radical (unpaired) electrons.